The van der Waals surface area contributed by atoms with Crippen molar-refractivity contribution >= 4 is 23.2 Å². The molecule has 1 aliphatic heterocycles. The molecule has 1 fully saturated rings. The SMILES string of the molecule is CCNC(=O)c1cccc(NC(=O)CNc2cccc(OCC3CCCO3)c2)c1. The molecule has 3 rings (SSSR count). The minimum Gasteiger partial charge on any atom is -0.491 e. The molecule has 2 aromatic carbocycles. The lowest BCUT2D eigenvalue weighted by Crippen LogP contribution is -2.24. The van der Waals surface area contributed by atoms with Gasteiger partial charge in [-0.15, -0.1) is 0 Å². The molecule has 1 saturated heterocycles. The first-order chi connectivity index (χ1) is 14.1. The Kier molecular flexibility index (Phi) is 7.47. The molecule has 2 amide bonds. The maximum Gasteiger partial charge on any atom is 0.251 e. The second-order valence-electron chi connectivity index (χ2n) is 6.82. The van der Waals surface area contributed by atoms with Crippen LogP contribution in [0.5, 0.6) is 5.75 Å². The van der Waals surface area contributed by atoms with E-state index in [1.54, 1.807) is 24.3 Å². The lowest BCUT2D eigenvalue weighted by atomic mass is 10.2. The van der Waals surface area contributed by atoms with Gasteiger partial charge in [-0.05, 0) is 50.1 Å². The standard InChI is InChI=1S/C22H27N3O4/c1-2-23-22(27)16-6-3-8-18(12-16)25-21(26)14-24-17-7-4-9-19(13-17)29-15-20-10-5-11-28-20/h3-4,6-9,12-13,20,24H,2,5,10-11,14-15H2,1H3,(H,23,27)(H,25,26). The monoisotopic (exact) mass is 397 g/mol. The minimum absolute atomic E-state index is 0.0978. The second kappa shape index (κ2) is 10.5. The molecule has 1 aliphatic rings. The minimum atomic E-state index is -0.205. The van der Waals surface area contributed by atoms with Gasteiger partial charge in [0, 0.05) is 36.2 Å². The van der Waals surface area contributed by atoms with Gasteiger partial charge in [-0.3, -0.25) is 9.59 Å². The highest BCUT2D eigenvalue weighted by molar-refractivity contribution is 5.98. The largest absolute Gasteiger partial charge is 0.491 e. The molecule has 0 aromatic heterocycles. The fourth-order valence-corrected chi connectivity index (χ4v) is 3.05. The zero-order valence-corrected chi connectivity index (χ0v) is 16.6. The maximum absolute atomic E-state index is 12.3. The number of amides is 2. The van der Waals surface area contributed by atoms with Gasteiger partial charge in [0.1, 0.15) is 12.4 Å². The van der Waals surface area contributed by atoms with Crippen molar-refractivity contribution in [1.29, 1.82) is 0 Å². The number of benzene rings is 2. The molecule has 154 valence electrons. The Labute approximate surface area is 170 Å². The number of ether oxygens (including phenoxy) is 2. The van der Waals surface area contributed by atoms with Crippen LogP contribution in [-0.2, 0) is 9.53 Å². The van der Waals surface area contributed by atoms with Crippen molar-refractivity contribution in [3.63, 3.8) is 0 Å². The third-order valence-corrected chi connectivity index (χ3v) is 4.49. The summed E-state index contributed by atoms with van der Waals surface area (Å²) in [5.74, 6) is 0.366. The Hall–Kier alpha value is -3.06. The van der Waals surface area contributed by atoms with Crippen LogP contribution < -0.4 is 20.7 Å². The molecule has 0 saturated carbocycles. The van der Waals surface area contributed by atoms with E-state index in [0.717, 1.165) is 30.9 Å². The molecule has 3 N–H and O–H groups in total. The Morgan fingerprint density at radius 1 is 1.14 bits per heavy atom. The van der Waals surface area contributed by atoms with Gasteiger partial charge in [-0.1, -0.05) is 12.1 Å². The molecule has 1 atom stereocenters. The summed E-state index contributed by atoms with van der Waals surface area (Å²) in [5, 5.41) is 8.62. The van der Waals surface area contributed by atoms with E-state index in [4.69, 9.17) is 9.47 Å². The summed E-state index contributed by atoms with van der Waals surface area (Å²) in [6.45, 7) is 3.84. The maximum atomic E-state index is 12.3. The fraction of sp³-hybridized carbons (Fsp3) is 0.364. The first kappa shape index (κ1) is 20.7. The number of anilines is 2. The first-order valence-corrected chi connectivity index (χ1v) is 9.90. The highest BCUT2D eigenvalue weighted by Crippen LogP contribution is 2.19. The molecule has 7 nitrogen and oxygen atoms in total. The van der Waals surface area contributed by atoms with Crippen molar-refractivity contribution < 1.29 is 19.1 Å². The summed E-state index contributed by atoms with van der Waals surface area (Å²) in [6.07, 6.45) is 2.27. The van der Waals surface area contributed by atoms with Crippen molar-refractivity contribution in [2.45, 2.75) is 25.9 Å². The number of nitrogens with one attached hydrogen (secondary N) is 3. The van der Waals surface area contributed by atoms with E-state index < -0.39 is 0 Å². The number of hydrogen-bond acceptors (Lipinski definition) is 5. The molecule has 1 unspecified atom stereocenters. The number of carbonyl (C=O) groups excluding carboxylic acids is 2. The van der Waals surface area contributed by atoms with Gasteiger partial charge in [-0.2, -0.15) is 0 Å². The van der Waals surface area contributed by atoms with Crippen molar-refractivity contribution in [3.8, 4) is 5.75 Å². The van der Waals surface area contributed by atoms with Crippen LogP contribution in [0.3, 0.4) is 0 Å². The summed E-state index contributed by atoms with van der Waals surface area (Å²) in [4.78, 5) is 24.2. The van der Waals surface area contributed by atoms with Crippen LogP contribution in [0.15, 0.2) is 48.5 Å². The van der Waals surface area contributed by atoms with Crippen LogP contribution in [0.25, 0.3) is 0 Å². The number of hydrogen-bond donors (Lipinski definition) is 3. The van der Waals surface area contributed by atoms with Gasteiger partial charge in [-0.25, -0.2) is 0 Å². The Balaban J connectivity index is 1.48. The Bertz CT molecular complexity index is 834. The molecule has 2 aromatic rings. The topological polar surface area (TPSA) is 88.7 Å². The lowest BCUT2D eigenvalue weighted by Gasteiger charge is -2.13. The van der Waals surface area contributed by atoms with E-state index in [0.29, 0.717) is 24.4 Å². The third kappa shape index (κ3) is 6.50. The van der Waals surface area contributed by atoms with Gasteiger partial charge >= 0.3 is 0 Å². The Morgan fingerprint density at radius 2 is 1.97 bits per heavy atom. The van der Waals surface area contributed by atoms with Gasteiger partial charge in [0.2, 0.25) is 5.91 Å². The van der Waals surface area contributed by atoms with Crippen LogP contribution in [0.4, 0.5) is 11.4 Å². The molecule has 7 heteroatoms. The lowest BCUT2D eigenvalue weighted by molar-refractivity contribution is -0.114. The predicted molar refractivity (Wildman–Crippen MR) is 112 cm³/mol. The van der Waals surface area contributed by atoms with Crippen molar-refractivity contribution in [1.82, 2.24) is 5.32 Å². The van der Waals surface area contributed by atoms with Crippen LogP contribution in [0, 0.1) is 0 Å². The highest BCUT2D eigenvalue weighted by atomic mass is 16.5. The average Bonchev–Trinajstić information content (AvgIpc) is 3.25. The van der Waals surface area contributed by atoms with Gasteiger partial charge in [0.25, 0.3) is 5.91 Å². The normalized spacial score (nSPS) is 15.6. The van der Waals surface area contributed by atoms with Crippen LogP contribution >= 0.6 is 0 Å². The molecule has 0 bridgehead atoms. The van der Waals surface area contributed by atoms with Gasteiger partial charge in [0.15, 0.2) is 0 Å². The van der Waals surface area contributed by atoms with E-state index >= 15 is 0 Å². The fourth-order valence-electron chi connectivity index (χ4n) is 3.05. The van der Waals surface area contributed by atoms with E-state index in [9.17, 15) is 9.59 Å². The Morgan fingerprint density at radius 3 is 2.76 bits per heavy atom. The summed E-state index contributed by atoms with van der Waals surface area (Å²) in [6, 6.07) is 14.3. The molecule has 0 radical (unpaired) electrons. The molecule has 0 spiro atoms. The quantitative estimate of drug-likeness (QED) is 0.605. The summed E-state index contributed by atoms with van der Waals surface area (Å²) >= 11 is 0. The average molecular weight is 397 g/mol. The molecule has 1 heterocycles. The zero-order valence-electron chi connectivity index (χ0n) is 16.6. The number of rotatable bonds is 9. The van der Waals surface area contributed by atoms with Gasteiger partial charge in [0.05, 0.1) is 12.6 Å². The van der Waals surface area contributed by atoms with Gasteiger partial charge < -0.3 is 25.4 Å². The molecular weight excluding hydrogens is 370 g/mol. The summed E-state index contributed by atoms with van der Waals surface area (Å²) in [5.41, 5.74) is 1.88. The summed E-state index contributed by atoms with van der Waals surface area (Å²) < 4.78 is 11.3. The molecule has 0 aliphatic carbocycles. The predicted octanol–water partition coefficient (Wildman–Crippen LogP) is 3.04. The third-order valence-electron chi connectivity index (χ3n) is 4.49. The molecular formula is C22H27N3O4. The highest BCUT2D eigenvalue weighted by Gasteiger charge is 2.16. The second-order valence-corrected chi connectivity index (χ2v) is 6.82. The van der Waals surface area contributed by atoms with Crippen LogP contribution in [0.1, 0.15) is 30.1 Å². The zero-order chi connectivity index (χ0) is 20.5. The number of carbonyl (C=O) groups is 2. The van der Waals surface area contributed by atoms with Crippen LogP contribution in [-0.4, -0.2) is 44.2 Å². The van der Waals surface area contributed by atoms with E-state index in [1.807, 2.05) is 31.2 Å². The van der Waals surface area contributed by atoms with Crippen molar-refractivity contribution in [3.05, 3.63) is 54.1 Å². The smallest absolute Gasteiger partial charge is 0.251 e. The van der Waals surface area contributed by atoms with Crippen molar-refractivity contribution in [2.75, 3.05) is 36.9 Å². The van der Waals surface area contributed by atoms with Crippen molar-refractivity contribution in [2.24, 2.45) is 0 Å². The van der Waals surface area contributed by atoms with Crippen LogP contribution in [0.2, 0.25) is 0 Å². The first-order valence-electron chi connectivity index (χ1n) is 9.90. The van der Waals surface area contributed by atoms with E-state index in [1.165, 1.54) is 0 Å². The molecule has 29 heavy (non-hydrogen) atoms. The summed E-state index contributed by atoms with van der Waals surface area (Å²) in [7, 11) is 0. The van der Waals surface area contributed by atoms with E-state index in [2.05, 4.69) is 16.0 Å². The van der Waals surface area contributed by atoms with E-state index in [-0.39, 0.29) is 24.5 Å².